The van der Waals surface area contributed by atoms with E-state index in [1.165, 1.54) is 0 Å². The molecule has 1 atom stereocenters. The summed E-state index contributed by atoms with van der Waals surface area (Å²) in [7, 11) is 1.60. The van der Waals surface area contributed by atoms with E-state index in [1.807, 2.05) is 29.2 Å². The number of piperidine rings is 1. The lowest BCUT2D eigenvalue weighted by Crippen LogP contribution is -2.36. The Balaban J connectivity index is 2.23. The summed E-state index contributed by atoms with van der Waals surface area (Å²) in [6, 6.07) is 9.52. The first-order valence-electron chi connectivity index (χ1n) is 6.04. The number of nitrogens with zero attached hydrogens (tertiary/aromatic N) is 2. The molecule has 1 unspecified atom stereocenters. The van der Waals surface area contributed by atoms with E-state index in [0.29, 0.717) is 25.9 Å². The van der Waals surface area contributed by atoms with Gasteiger partial charge >= 0.3 is 0 Å². The lowest BCUT2D eigenvalue weighted by molar-refractivity contribution is -0.121. The van der Waals surface area contributed by atoms with Crippen molar-refractivity contribution >= 4 is 5.78 Å². The predicted octanol–water partition coefficient (Wildman–Crippen LogP) is 1.92. The number of hydrogen-bond acceptors (Lipinski definition) is 4. The Hall–Kier alpha value is -1.86. The average Bonchev–Trinajstić information content (AvgIpc) is 2.42. The molecule has 0 N–H and O–H groups in total. The van der Waals surface area contributed by atoms with Crippen LogP contribution in [0.15, 0.2) is 24.3 Å². The van der Waals surface area contributed by atoms with Crippen molar-refractivity contribution in [1.29, 1.82) is 5.26 Å². The molecule has 1 fully saturated rings. The molecule has 4 nitrogen and oxygen atoms in total. The van der Waals surface area contributed by atoms with Crippen molar-refractivity contribution in [3.05, 3.63) is 29.8 Å². The van der Waals surface area contributed by atoms with Crippen LogP contribution in [-0.2, 0) is 4.79 Å². The molecule has 1 aliphatic heterocycles. The molecule has 0 aliphatic carbocycles. The summed E-state index contributed by atoms with van der Waals surface area (Å²) in [5.41, 5.74) is 0.872. The first kappa shape index (κ1) is 12.6. The van der Waals surface area contributed by atoms with E-state index in [-0.39, 0.29) is 11.8 Å². The average molecular weight is 244 g/mol. The van der Waals surface area contributed by atoms with Crippen molar-refractivity contribution in [2.24, 2.45) is 0 Å². The maximum absolute atomic E-state index is 11.2. The fourth-order valence-corrected chi connectivity index (χ4v) is 2.27. The first-order valence-corrected chi connectivity index (χ1v) is 6.04. The zero-order chi connectivity index (χ0) is 13.0. The highest BCUT2D eigenvalue weighted by molar-refractivity contribution is 5.79. The normalized spacial score (nSPS) is 18.1. The van der Waals surface area contributed by atoms with Crippen molar-refractivity contribution in [2.45, 2.75) is 18.9 Å². The second-order valence-corrected chi connectivity index (χ2v) is 4.35. The van der Waals surface area contributed by atoms with Gasteiger partial charge in [-0.25, -0.2) is 0 Å². The number of methoxy groups -OCH3 is 1. The lowest BCUT2D eigenvalue weighted by Gasteiger charge is -2.30. The van der Waals surface area contributed by atoms with Crippen molar-refractivity contribution in [2.75, 3.05) is 20.2 Å². The number of ketones is 1. The molecule has 94 valence electrons. The molecule has 0 amide bonds. The molecule has 18 heavy (non-hydrogen) atoms. The minimum Gasteiger partial charge on any atom is -0.496 e. The van der Waals surface area contributed by atoms with Gasteiger partial charge in [-0.3, -0.25) is 9.69 Å². The van der Waals surface area contributed by atoms with Crippen LogP contribution in [-0.4, -0.2) is 30.9 Å². The fourth-order valence-electron chi connectivity index (χ4n) is 2.27. The van der Waals surface area contributed by atoms with E-state index in [9.17, 15) is 10.1 Å². The smallest absolute Gasteiger partial charge is 0.135 e. The zero-order valence-electron chi connectivity index (χ0n) is 10.4. The Morgan fingerprint density at radius 1 is 1.33 bits per heavy atom. The topological polar surface area (TPSA) is 53.3 Å². The molecule has 1 aromatic carbocycles. The van der Waals surface area contributed by atoms with Crippen LogP contribution in [0.25, 0.3) is 0 Å². The summed E-state index contributed by atoms with van der Waals surface area (Å²) in [4.78, 5) is 13.3. The van der Waals surface area contributed by atoms with Gasteiger partial charge in [-0.05, 0) is 6.07 Å². The van der Waals surface area contributed by atoms with Crippen LogP contribution in [0.4, 0.5) is 0 Å². The van der Waals surface area contributed by atoms with E-state index in [2.05, 4.69) is 6.07 Å². The number of nitriles is 1. The highest BCUT2D eigenvalue weighted by Gasteiger charge is 2.26. The van der Waals surface area contributed by atoms with Crippen molar-refractivity contribution in [1.82, 2.24) is 4.90 Å². The molecule has 1 aliphatic rings. The standard InChI is InChI=1S/C14H16N2O2/c1-18-14-5-3-2-4-12(14)13(10-15)16-8-6-11(17)7-9-16/h2-5,13H,6-9H2,1H3. The van der Waals surface area contributed by atoms with Gasteiger partial charge in [0, 0.05) is 31.5 Å². The highest BCUT2D eigenvalue weighted by Crippen LogP contribution is 2.30. The lowest BCUT2D eigenvalue weighted by atomic mass is 10.0. The summed E-state index contributed by atoms with van der Waals surface area (Å²) < 4.78 is 5.30. The van der Waals surface area contributed by atoms with Crippen LogP contribution in [0.1, 0.15) is 24.4 Å². The summed E-state index contributed by atoms with van der Waals surface area (Å²) in [6.07, 6.45) is 1.07. The first-order chi connectivity index (χ1) is 8.76. The van der Waals surface area contributed by atoms with Crippen molar-refractivity contribution in [3.63, 3.8) is 0 Å². The third kappa shape index (κ3) is 2.52. The van der Waals surface area contributed by atoms with Gasteiger partial charge in [0.15, 0.2) is 0 Å². The minimum absolute atomic E-state index is 0.281. The monoisotopic (exact) mass is 244 g/mol. The molecule has 0 aromatic heterocycles. The molecule has 1 heterocycles. The third-order valence-electron chi connectivity index (χ3n) is 3.28. The Kier molecular flexibility index (Phi) is 3.96. The fraction of sp³-hybridized carbons (Fsp3) is 0.429. The van der Waals surface area contributed by atoms with Gasteiger partial charge in [-0.1, -0.05) is 18.2 Å². The number of rotatable bonds is 3. The van der Waals surface area contributed by atoms with Crippen molar-refractivity contribution in [3.8, 4) is 11.8 Å². The molecule has 0 spiro atoms. The van der Waals surface area contributed by atoms with E-state index in [0.717, 1.165) is 11.3 Å². The van der Waals surface area contributed by atoms with Gasteiger partial charge in [-0.15, -0.1) is 0 Å². The molecular formula is C14H16N2O2. The minimum atomic E-state index is -0.339. The van der Waals surface area contributed by atoms with Gasteiger partial charge < -0.3 is 4.74 Å². The van der Waals surface area contributed by atoms with E-state index < -0.39 is 0 Å². The largest absolute Gasteiger partial charge is 0.496 e. The molecule has 0 saturated carbocycles. The summed E-state index contributed by atoms with van der Waals surface area (Å²) in [6.45, 7) is 1.30. The predicted molar refractivity (Wildman–Crippen MR) is 67.2 cm³/mol. The second kappa shape index (κ2) is 5.65. The van der Waals surface area contributed by atoms with E-state index in [1.54, 1.807) is 7.11 Å². The van der Waals surface area contributed by atoms with Crippen LogP contribution in [0.2, 0.25) is 0 Å². The van der Waals surface area contributed by atoms with Gasteiger partial charge in [0.1, 0.15) is 17.6 Å². The van der Waals surface area contributed by atoms with Crippen LogP contribution < -0.4 is 4.74 Å². The highest BCUT2D eigenvalue weighted by atomic mass is 16.5. The number of hydrogen-bond donors (Lipinski definition) is 0. The van der Waals surface area contributed by atoms with Gasteiger partial charge in [0.2, 0.25) is 0 Å². The maximum Gasteiger partial charge on any atom is 0.135 e. The van der Waals surface area contributed by atoms with E-state index >= 15 is 0 Å². The van der Waals surface area contributed by atoms with Crippen molar-refractivity contribution < 1.29 is 9.53 Å². The Morgan fingerprint density at radius 3 is 2.61 bits per heavy atom. The van der Waals surface area contributed by atoms with Crippen LogP contribution >= 0.6 is 0 Å². The zero-order valence-corrected chi connectivity index (χ0v) is 10.4. The molecule has 1 aromatic rings. The number of para-hydroxylation sites is 1. The maximum atomic E-state index is 11.2. The Labute approximate surface area is 107 Å². The number of benzene rings is 1. The molecule has 4 heteroatoms. The van der Waals surface area contributed by atoms with Gasteiger partial charge in [0.25, 0.3) is 0 Å². The molecule has 0 radical (unpaired) electrons. The number of carbonyl (C=O) groups excluding carboxylic acids is 1. The SMILES string of the molecule is COc1ccccc1C(C#N)N1CCC(=O)CC1. The van der Waals surface area contributed by atoms with Gasteiger partial charge in [-0.2, -0.15) is 5.26 Å². The number of likely N-dealkylation sites (tertiary alicyclic amines) is 1. The number of Topliss-reactive ketones (excluding diaryl/α,β-unsaturated/α-hetero) is 1. The molecule has 1 saturated heterocycles. The van der Waals surface area contributed by atoms with Crippen LogP contribution in [0.3, 0.4) is 0 Å². The summed E-state index contributed by atoms with van der Waals surface area (Å²) in [5.74, 6) is 1.00. The van der Waals surface area contributed by atoms with Gasteiger partial charge in [0.05, 0.1) is 13.2 Å². The Bertz CT molecular complexity index is 469. The van der Waals surface area contributed by atoms with Crippen LogP contribution in [0.5, 0.6) is 5.75 Å². The molecular weight excluding hydrogens is 228 g/mol. The number of carbonyl (C=O) groups is 1. The van der Waals surface area contributed by atoms with Crippen LogP contribution in [0, 0.1) is 11.3 Å². The molecule has 0 bridgehead atoms. The molecule has 2 rings (SSSR count). The van der Waals surface area contributed by atoms with E-state index in [4.69, 9.17) is 4.74 Å². The third-order valence-corrected chi connectivity index (χ3v) is 3.28. The number of ether oxygens (including phenoxy) is 1. The second-order valence-electron chi connectivity index (χ2n) is 4.35. The Morgan fingerprint density at radius 2 is 2.00 bits per heavy atom. The quantitative estimate of drug-likeness (QED) is 0.815. The summed E-state index contributed by atoms with van der Waals surface area (Å²) in [5, 5.41) is 9.39. The summed E-state index contributed by atoms with van der Waals surface area (Å²) >= 11 is 0.